The number of aromatic nitrogens is 3. The van der Waals surface area contributed by atoms with E-state index in [1.165, 1.54) is 5.56 Å². The molecule has 5 heteroatoms. The first kappa shape index (κ1) is 12.3. The van der Waals surface area contributed by atoms with Crippen LogP contribution in [-0.2, 0) is 13.6 Å². The van der Waals surface area contributed by atoms with E-state index in [4.69, 9.17) is 0 Å². The summed E-state index contributed by atoms with van der Waals surface area (Å²) < 4.78 is 2.81. The Morgan fingerprint density at radius 1 is 1.47 bits per heavy atom. The minimum absolute atomic E-state index is 0.274. The predicted molar refractivity (Wildman–Crippen MR) is 70.4 cm³/mol. The van der Waals surface area contributed by atoms with E-state index in [1.54, 1.807) is 11.0 Å². The normalized spacial score (nSPS) is 12.6. The molecule has 0 aliphatic rings. The van der Waals surface area contributed by atoms with Crippen LogP contribution in [0.1, 0.15) is 24.4 Å². The van der Waals surface area contributed by atoms with Crippen molar-refractivity contribution in [3.8, 4) is 0 Å². The zero-order chi connectivity index (χ0) is 12.3. The number of hydrogen-bond acceptors (Lipinski definition) is 3. The van der Waals surface area contributed by atoms with Crippen molar-refractivity contribution in [2.75, 3.05) is 0 Å². The fourth-order valence-corrected chi connectivity index (χ4v) is 2.02. The summed E-state index contributed by atoms with van der Waals surface area (Å²) in [5.41, 5.74) is 1.25. The molecule has 0 saturated carbocycles. The first-order valence-electron chi connectivity index (χ1n) is 5.48. The van der Waals surface area contributed by atoms with Crippen molar-refractivity contribution in [2.45, 2.75) is 19.5 Å². The number of rotatable bonds is 4. The molecule has 0 spiro atoms. The molecular formula is C12H15BrN4. The molecule has 0 fully saturated rings. The van der Waals surface area contributed by atoms with Gasteiger partial charge in [-0.05, 0) is 24.6 Å². The van der Waals surface area contributed by atoms with Crippen molar-refractivity contribution >= 4 is 15.9 Å². The second kappa shape index (κ2) is 5.42. The Labute approximate surface area is 109 Å². The van der Waals surface area contributed by atoms with Crippen LogP contribution in [0.3, 0.4) is 0 Å². The average Bonchev–Trinajstić information content (AvgIpc) is 2.72. The van der Waals surface area contributed by atoms with Gasteiger partial charge in [-0.25, -0.2) is 4.98 Å². The van der Waals surface area contributed by atoms with Gasteiger partial charge in [-0.3, -0.25) is 4.68 Å². The minimum atomic E-state index is 0.274. The summed E-state index contributed by atoms with van der Waals surface area (Å²) in [5.74, 6) is 0.814. The summed E-state index contributed by atoms with van der Waals surface area (Å²) >= 11 is 3.47. The van der Waals surface area contributed by atoms with Crippen LogP contribution in [0.15, 0.2) is 35.1 Å². The summed E-state index contributed by atoms with van der Waals surface area (Å²) in [5, 5.41) is 7.62. The van der Waals surface area contributed by atoms with Gasteiger partial charge < -0.3 is 5.32 Å². The Bertz CT molecular complexity index is 495. The van der Waals surface area contributed by atoms with Crippen LogP contribution in [-0.4, -0.2) is 14.8 Å². The molecule has 0 aliphatic heterocycles. The molecule has 2 aromatic rings. The Hall–Kier alpha value is -1.20. The Morgan fingerprint density at radius 2 is 2.29 bits per heavy atom. The van der Waals surface area contributed by atoms with Gasteiger partial charge in [0.05, 0.1) is 6.54 Å². The maximum Gasteiger partial charge on any atom is 0.164 e. The van der Waals surface area contributed by atoms with Crippen molar-refractivity contribution in [2.24, 2.45) is 7.05 Å². The highest BCUT2D eigenvalue weighted by Gasteiger charge is 2.06. The molecule has 4 nitrogen and oxygen atoms in total. The second-order valence-electron chi connectivity index (χ2n) is 3.99. The Kier molecular flexibility index (Phi) is 3.91. The molecule has 2 rings (SSSR count). The van der Waals surface area contributed by atoms with Gasteiger partial charge in [-0.15, -0.1) is 0 Å². The number of aryl methyl sites for hydroxylation is 1. The molecule has 1 aromatic heterocycles. The van der Waals surface area contributed by atoms with E-state index in [1.807, 2.05) is 19.2 Å². The van der Waals surface area contributed by atoms with Gasteiger partial charge >= 0.3 is 0 Å². The highest BCUT2D eigenvalue weighted by Crippen LogP contribution is 2.17. The third-order valence-electron chi connectivity index (χ3n) is 2.56. The SMILES string of the molecule is CC(NCc1ncn(C)n1)c1cccc(Br)c1. The lowest BCUT2D eigenvalue weighted by Crippen LogP contribution is -2.19. The lowest BCUT2D eigenvalue weighted by molar-refractivity contribution is 0.556. The second-order valence-corrected chi connectivity index (χ2v) is 4.91. The van der Waals surface area contributed by atoms with E-state index in [9.17, 15) is 0 Å². The third-order valence-corrected chi connectivity index (χ3v) is 3.06. The summed E-state index contributed by atoms with van der Waals surface area (Å²) in [6, 6.07) is 8.56. The van der Waals surface area contributed by atoms with Crippen LogP contribution < -0.4 is 5.32 Å². The molecule has 0 saturated heterocycles. The number of nitrogens with one attached hydrogen (secondary N) is 1. The molecule has 1 atom stereocenters. The Morgan fingerprint density at radius 3 is 2.94 bits per heavy atom. The van der Waals surface area contributed by atoms with Gasteiger partial charge in [-0.2, -0.15) is 5.10 Å². The zero-order valence-electron chi connectivity index (χ0n) is 9.89. The Balaban J connectivity index is 1.95. The van der Waals surface area contributed by atoms with Crippen LogP contribution in [0.2, 0.25) is 0 Å². The molecule has 1 aromatic carbocycles. The van der Waals surface area contributed by atoms with Crippen molar-refractivity contribution in [1.29, 1.82) is 0 Å². The molecule has 0 amide bonds. The van der Waals surface area contributed by atoms with E-state index < -0.39 is 0 Å². The van der Waals surface area contributed by atoms with E-state index in [2.05, 4.69) is 50.4 Å². The van der Waals surface area contributed by atoms with Crippen molar-refractivity contribution in [3.05, 3.63) is 46.5 Å². The van der Waals surface area contributed by atoms with E-state index in [0.717, 1.165) is 10.3 Å². The molecular weight excluding hydrogens is 280 g/mol. The maximum atomic E-state index is 4.23. The highest BCUT2D eigenvalue weighted by molar-refractivity contribution is 9.10. The molecule has 1 unspecified atom stereocenters. The summed E-state index contributed by atoms with van der Waals surface area (Å²) in [7, 11) is 1.87. The zero-order valence-corrected chi connectivity index (χ0v) is 11.5. The molecule has 1 N–H and O–H groups in total. The van der Waals surface area contributed by atoms with Crippen LogP contribution in [0.4, 0.5) is 0 Å². The first-order chi connectivity index (χ1) is 8.15. The topological polar surface area (TPSA) is 42.7 Å². The lowest BCUT2D eigenvalue weighted by Gasteiger charge is -2.13. The average molecular weight is 295 g/mol. The van der Waals surface area contributed by atoms with Gasteiger partial charge in [0.25, 0.3) is 0 Å². The minimum Gasteiger partial charge on any atom is -0.303 e. The number of benzene rings is 1. The van der Waals surface area contributed by atoms with Gasteiger partial charge in [-0.1, -0.05) is 28.1 Å². The van der Waals surface area contributed by atoms with Gasteiger partial charge in [0, 0.05) is 17.6 Å². The van der Waals surface area contributed by atoms with Crippen LogP contribution in [0.5, 0.6) is 0 Å². The van der Waals surface area contributed by atoms with Crippen LogP contribution in [0.25, 0.3) is 0 Å². The first-order valence-corrected chi connectivity index (χ1v) is 6.28. The highest BCUT2D eigenvalue weighted by atomic mass is 79.9. The number of nitrogens with zero attached hydrogens (tertiary/aromatic N) is 3. The lowest BCUT2D eigenvalue weighted by atomic mass is 10.1. The molecule has 17 heavy (non-hydrogen) atoms. The standard InChI is InChI=1S/C12H15BrN4/c1-9(10-4-3-5-11(13)6-10)14-7-12-15-8-17(2)16-12/h3-6,8-9,14H,7H2,1-2H3. The number of halogens is 1. The fourth-order valence-electron chi connectivity index (χ4n) is 1.60. The smallest absolute Gasteiger partial charge is 0.164 e. The van der Waals surface area contributed by atoms with E-state index in [0.29, 0.717) is 6.54 Å². The molecule has 0 radical (unpaired) electrons. The van der Waals surface area contributed by atoms with E-state index in [-0.39, 0.29) is 6.04 Å². The van der Waals surface area contributed by atoms with Gasteiger partial charge in [0.15, 0.2) is 5.82 Å². The summed E-state index contributed by atoms with van der Waals surface area (Å²) in [6.07, 6.45) is 1.71. The maximum absolute atomic E-state index is 4.23. The molecule has 0 bridgehead atoms. The van der Waals surface area contributed by atoms with Crippen LogP contribution >= 0.6 is 15.9 Å². The monoisotopic (exact) mass is 294 g/mol. The van der Waals surface area contributed by atoms with Crippen molar-refractivity contribution < 1.29 is 0 Å². The predicted octanol–water partition coefficient (Wildman–Crippen LogP) is 2.43. The van der Waals surface area contributed by atoms with Gasteiger partial charge in [0.1, 0.15) is 6.33 Å². The quantitative estimate of drug-likeness (QED) is 0.942. The van der Waals surface area contributed by atoms with E-state index >= 15 is 0 Å². The molecule has 1 heterocycles. The summed E-state index contributed by atoms with van der Waals surface area (Å²) in [6.45, 7) is 2.80. The molecule has 0 aliphatic carbocycles. The van der Waals surface area contributed by atoms with Crippen molar-refractivity contribution in [1.82, 2.24) is 20.1 Å². The largest absolute Gasteiger partial charge is 0.303 e. The van der Waals surface area contributed by atoms with Gasteiger partial charge in [0.2, 0.25) is 0 Å². The number of hydrogen-bond donors (Lipinski definition) is 1. The third kappa shape index (κ3) is 3.38. The molecule has 90 valence electrons. The summed E-state index contributed by atoms with van der Waals surface area (Å²) in [4.78, 5) is 4.18. The van der Waals surface area contributed by atoms with Crippen molar-refractivity contribution in [3.63, 3.8) is 0 Å². The fraction of sp³-hybridized carbons (Fsp3) is 0.333. The van der Waals surface area contributed by atoms with Crippen LogP contribution in [0, 0.1) is 0 Å².